The molecule has 234 valence electrons. The minimum atomic E-state index is 0.859. The zero-order valence-electron chi connectivity index (χ0n) is 26.9. The first-order valence-electron chi connectivity index (χ1n) is 16.9. The first-order chi connectivity index (χ1) is 24.8. The van der Waals surface area contributed by atoms with Crippen molar-refractivity contribution >= 4 is 93.5 Å². The Balaban J connectivity index is 1.24. The van der Waals surface area contributed by atoms with E-state index in [0.29, 0.717) is 0 Å². The molecule has 0 unspecified atom stereocenters. The fourth-order valence-electron chi connectivity index (χ4n) is 7.99. The van der Waals surface area contributed by atoms with Gasteiger partial charge in [-0.1, -0.05) is 97.1 Å². The predicted molar refractivity (Wildman–Crippen MR) is 208 cm³/mol. The molecular weight excluding hydrogens is 613 g/mol. The van der Waals surface area contributed by atoms with Crippen molar-refractivity contribution in [1.82, 2.24) is 4.57 Å². The predicted octanol–water partition coefficient (Wildman–Crippen LogP) is 13.2. The van der Waals surface area contributed by atoms with E-state index in [1.54, 1.807) is 0 Å². The van der Waals surface area contributed by atoms with Gasteiger partial charge in [0.05, 0.1) is 22.1 Å². The summed E-state index contributed by atoms with van der Waals surface area (Å²) in [6.45, 7) is 0. The Kier molecular flexibility index (Phi) is 5.63. The number of fused-ring (bicyclic) bond motifs is 11. The van der Waals surface area contributed by atoms with Gasteiger partial charge in [-0.3, -0.25) is 0 Å². The summed E-state index contributed by atoms with van der Waals surface area (Å²) in [7, 11) is 0. The Labute approximate surface area is 286 Å². The third-order valence-corrected chi connectivity index (χ3v) is 10.2. The Morgan fingerprint density at radius 1 is 0.380 bits per heavy atom. The third-order valence-electron chi connectivity index (χ3n) is 10.2. The van der Waals surface area contributed by atoms with Crippen LogP contribution in [0.15, 0.2) is 179 Å². The van der Waals surface area contributed by atoms with Crippen LogP contribution in [0, 0.1) is 0 Å². The zero-order chi connectivity index (χ0) is 32.8. The number of hydrogen-bond donors (Lipinski definition) is 0. The average molecular weight is 641 g/mol. The SMILES string of the molecule is c1ccc(-n2c3ccccc3c3ccc(N(c4ccc5ccc6oc7ccccc7c6c5c4)c4cccc5oc6ccccc6c45)cc32)cc1. The van der Waals surface area contributed by atoms with Crippen LogP contribution in [0.3, 0.4) is 0 Å². The largest absolute Gasteiger partial charge is 0.456 e. The van der Waals surface area contributed by atoms with Crippen LogP contribution in [0.1, 0.15) is 0 Å². The van der Waals surface area contributed by atoms with Crippen LogP contribution in [0.5, 0.6) is 0 Å². The highest BCUT2D eigenvalue weighted by molar-refractivity contribution is 6.20. The van der Waals surface area contributed by atoms with Gasteiger partial charge < -0.3 is 18.3 Å². The summed E-state index contributed by atoms with van der Waals surface area (Å²) in [6.07, 6.45) is 0. The molecule has 0 amide bonds. The van der Waals surface area contributed by atoms with Crippen LogP contribution < -0.4 is 4.90 Å². The van der Waals surface area contributed by atoms with Crippen molar-refractivity contribution in [2.24, 2.45) is 0 Å². The summed E-state index contributed by atoms with van der Waals surface area (Å²) in [5.41, 5.74) is 10.1. The van der Waals surface area contributed by atoms with Gasteiger partial charge in [-0.25, -0.2) is 0 Å². The number of hydrogen-bond acceptors (Lipinski definition) is 3. The Morgan fingerprint density at radius 2 is 0.980 bits per heavy atom. The average Bonchev–Trinajstić information content (AvgIpc) is 3.85. The molecule has 11 aromatic rings. The minimum Gasteiger partial charge on any atom is -0.456 e. The molecule has 0 radical (unpaired) electrons. The first-order valence-corrected chi connectivity index (χ1v) is 16.9. The first kappa shape index (κ1) is 27.2. The molecule has 3 heterocycles. The van der Waals surface area contributed by atoms with E-state index in [9.17, 15) is 0 Å². The number of para-hydroxylation sites is 4. The van der Waals surface area contributed by atoms with Gasteiger partial charge in [-0.2, -0.15) is 0 Å². The highest BCUT2D eigenvalue weighted by atomic mass is 16.3. The number of nitrogens with zero attached hydrogens (tertiary/aromatic N) is 2. The van der Waals surface area contributed by atoms with Gasteiger partial charge in [0, 0.05) is 44.0 Å². The van der Waals surface area contributed by atoms with Crippen LogP contribution in [-0.4, -0.2) is 4.57 Å². The van der Waals surface area contributed by atoms with E-state index >= 15 is 0 Å². The lowest BCUT2D eigenvalue weighted by atomic mass is 10.0. The second-order valence-corrected chi connectivity index (χ2v) is 12.9. The summed E-state index contributed by atoms with van der Waals surface area (Å²) in [4.78, 5) is 2.39. The summed E-state index contributed by atoms with van der Waals surface area (Å²) >= 11 is 0. The molecule has 0 saturated heterocycles. The van der Waals surface area contributed by atoms with E-state index in [4.69, 9.17) is 8.83 Å². The van der Waals surface area contributed by atoms with E-state index in [1.807, 2.05) is 24.3 Å². The molecule has 50 heavy (non-hydrogen) atoms. The molecule has 8 aromatic carbocycles. The number of rotatable bonds is 4. The second kappa shape index (κ2) is 10.4. The molecule has 0 spiro atoms. The number of furan rings is 2. The molecule has 11 rings (SSSR count). The summed E-state index contributed by atoms with van der Waals surface area (Å²) in [5, 5.41) is 9.18. The molecule has 0 aliphatic heterocycles. The van der Waals surface area contributed by atoms with Gasteiger partial charge >= 0.3 is 0 Å². The number of anilines is 3. The fraction of sp³-hybridized carbons (Fsp3) is 0. The summed E-state index contributed by atoms with van der Waals surface area (Å²) < 4.78 is 15.1. The van der Waals surface area contributed by atoms with E-state index in [-0.39, 0.29) is 0 Å². The van der Waals surface area contributed by atoms with Crippen molar-refractivity contribution in [3.05, 3.63) is 170 Å². The van der Waals surface area contributed by atoms with Gasteiger partial charge in [0.25, 0.3) is 0 Å². The van der Waals surface area contributed by atoms with Crippen molar-refractivity contribution < 1.29 is 8.83 Å². The van der Waals surface area contributed by atoms with Crippen LogP contribution in [-0.2, 0) is 0 Å². The normalized spacial score (nSPS) is 12.0. The highest BCUT2D eigenvalue weighted by Crippen LogP contribution is 2.46. The fourth-order valence-corrected chi connectivity index (χ4v) is 7.99. The smallest absolute Gasteiger partial charge is 0.137 e. The summed E-state index contributed by atoms with van der Waals surface area (Å²) in [6, 6.07) is 60.2. The quantitative estimate of drug-likeness (QED) is 0.192. The minimum absolute atomic E-state index is 0.859. The molecule has 0 aliphatic carbocycles. The Hall–Kier alpha value is -6.78. The van der Waals surface area contributed by atoms with Crippen molar-refractivity contribution in [3.63, 3.8) is 0 Å². The highest BCUT2D eigenvalue weighted by Gasteiger charge is 2.22. The topological polar surface area (TPSA) is 34.5 Å². The molecule has 0 atom stereocenters. The molecule has 3 aromatic heterocycles. The molecule has 0 aliphatic rings. The monoisotopic (exact) mass is 640 g/mol. The molecule has 0 N–H and O–H groups in total. The lowest BCUT2D eigenvalue weighted by Crippen LogP contribution is -2.10. The van der Waals surface area contributed by atoms with E-state index in [0.717, 1.165) is 77.5 Å². The van der Waals surface area contributed by atoms with Crippen LogP contribution in [0.4, 0.5) is 17.1 Å². The van der Waals surface area contributed by atoms with Crippen molar-refractivity contribution in [1.29, 1.82) is 0 Å². The van der Waals surface area contributed by atoms with Gasteiger partial charge in [-0.05, 0) is 83.6 Å². The van der Waals surface area contributed by atoms with Gasteiger partial charge in [-0.15, -0.1) is 0 Å². The van der Waals surface area contributed by atoms with Crippen molar-refractivity contribution in [2.45, 2.75) is 0 Å². The summed E-state index contributed by atoms with van der Waals surface area (Å²) in [5.74, 6) is 0. The molecule has 4 heteroatoms. The lowest BCUT2D eigenvalue weighted by Gasteiger charge is -2.27. The van der Waals surface area contributed by atoms with Gasteiger partial charge in [0.2, 0.25) is 0 Å². The maximum Gasteiger partial charge on any atom is 0.137 e. The zero-order valence-corrected chi connectivity index (χ0v) is 26.9. The standard InChI is InChI=1S/C46H28N2O2/c1-2-11-30(12-3-1)48-38-16-7-4-13-33(38)34-25-24-32(28-40(34)48)47(39-17-10-20-43-46(39)36-15-6-9-19-42(36)49-43)31-23-21-29-22-26-44-45(37(29)27-31)35-14-5-8-18-41(35)50-44/h1-28H. The van der Waals surface area contributed by atoms with Crippen LogP contribution in [0.25, 0.3) is 82.1 Å². The molecule has 0 bridgehead atoms. The van der Waals surface area contributed by atoms with E-state index in [2.05, 4.69) is 155 Å². The van der Waals surface area contributed by atoms with Gasteiger partial charge in [0.1, 0.15) is 22.3 Å². The number of benzene rings is 8. The van der Waals surface area contributed by atoms with Gasteiger partial charge in [0.15, 0.2) is 0 Å². The van der Waals surface area contributed by atoms with E-state index in [1.165, 1.54) is 21.7 Å². The van der Waals surface area contributed by atoms with E-state index < -0.39 is 0 Å². The lowest BCUT2D eigenvalue weighted by molar-refractivity contribution is 0.668. The molecule has 4 nitrogen and oxygen atoms in total. The second-order valence-electron chi connectivity index (χ2n) is 12.9. The van der Waals surface area contributed by atoms with Crippen molar-refractivity contribution in [2.75, 3.05) is 4.90 Å². The molecule has 0 fully saturated rings. The molecule has 0 saturated carbocycles. The number of aromatic nitrogens is 1. The Bertz CT molecular complexity index is 3110. The maximum atomic E-state index is 6.42. The van der Waals surface area contributed by atoms with Crippen LogP contribution >= 0.6 is 0 Å². The van der Waals surface area contributed by atoms with Crippen LogP contribution in [0.2, 0.25) is 0 Å². The third kappa shape index (κ3) is 3.87. The molecular formula is C46H28N2O2. The maximum absolute atomic E-state index is 6.42. The van der Waals surface area contributed by atoms with Crippen molar-refractivity contribution in [3.8, 4) is 5.69 Å². The Morgan fingerprint density at radius 3 is 1.80 bits per heavy atom.